The molecule has 0 bridgehead atoms. The minimum Gasteiger partial charge on any atom is -0.481 e. The summed E-state index contributed by atoms with van der Waals surface area (Å²) >= 11 is 1.17. The summed E-state index contributed by atoms with van der Waals surface area (Å²) in [5.41, 5.74) is 3.67. The molecule has 4 rings (SSSR count). The predicted molar refractivity (Wildman–Crippen MR) is 129 cm³/mol. The third kappa shape index (κ3) is 6.02. The second kappa shape index (κ2) is 10.5. The highest BCUT2D eigenvalue weighted by molar-refractivity contribution is 8.00. The molecule has 174 valence electrons. The normalized spacial score (nSPS) is 12.7. The Morgan fingerprint density at radius 3 is 2.35 bits per heavy atom. The van der Waals surface area contributed by atoms with Crippen molar-refractivity contribution < 1.29 is 18.3 Å². The number of rotatable bonds is 8. The van der Waals surface area contributed by atoms with Crippen LogP contribution < -0.4 is 10.1 Å². The number of thioether (sulfide) groups is 1. The topological polar surface area (TPSA) is 77.2 Å². The largest absolute Gasteiger partial charge is 0.481 e. The zero-order valence-corrected chi connectivity index (χ0v) is 19.8. The number of hydrogen-bond acceptors (Lipinski definition) is 6. The molecule has 8 heteroatoms. The minimum absolute atomic E-state index is 0.198. The van der Waals surface area contributed by atoms with E-state index in [1.807, 2.05) is 62.4 Å². The fourth-order valence-electron chi connectivity index (χ4n) is 3.46. The molecule has 1 heterocycles. The summed E-state index contributed by atoms with van der Waals surface area (Å²) in [6.45, 7) is 5.73. The monoisotopic (exact) mass is 477 g/mol. The highest BCUT2D eigenvalue weighted by atomic mass is 32.2. The maximum Gasteiger partial charge on any atom is 0.277 e. The molecule has 6 nitrogen and oxygen atoms in total. The Kier molecular flexibility index (Phi) is 7.27. The van der Waals surface area contributed by atoms with Gasteiger partial charge in [-0.05, 0) is 85.6 Å². The first kappa shape index (κ1) is 23.5. The number of anilines is 1. The minimum atomic E-state index is -0.608. The van der Waals surface area contributed by atoms with Gasteiger partial charge in [-0.1, -0.05) is 36.4 Å². The van der Waals surface area contributed by atoms with E-state index in [-0.39, 0.29) is 22.8 Å². The number of carbonyl (C=O) groups excluding carboxylic acids is 1. The van der Waals surface area contributed by atoms with E-state index in [0.717, 1.165) is 22.4 Å². The van der Waals surface area contributed by atoms with Crippen LogP contribution in [0.4, 0.5) is 10.1 Å². The summed E-state index contributed by atoms with van der Waals surface area (Å²) in [7, 11) is 0. The number of ether oxygens (including phenoxy) is 1. The van der Waals surface area contributed by atoms with E-state index in [1.54, 1.807) is 6.92 Å². The van der Waals surface area contributed by atoms with E-state index in [4.69, 9.17) is 9.15 Å². The molecule has 4 aromatic rings. The van der Waals surface area contributed by atoms with Crippen molar-refractivity contribution in [2.45, 2.75) is 37.3 Å². The Hall–Kier alpha value is -3.65. The van der Waals surface area contributed by atoms with Crippen molar-refractivity contribution in [2.24, 2.45) is 0 Å². The van der Waals surface area contributed by atoms with Crippen LogP contribution in [0.5, 0.6) is 5.75 Å². The van der Waals surface area contributed by atoms with Crippen LogP contribution in [0, 0.1) is 19.7 Å². The summed E-state index contributed by atoms with van der Waals surface area (Å²) < 4.78 is 24.7. The van der Waals surface area contributed by atoms with Crippen molar-refractivity contribution in [3.05, 3.63) is 101 Å². The molecular formula is C26H24FN3O3S. The molecule has 2 atom stereocenters. The van der Waals surface area contributed by atoms with E-state index in [1.165, 1.54) is 36.0 Å². The lowest BCUT2D eigenvalue weighted by atomic mass is 10.1. The van der Waals surface area contributed by atoms with Gasteiger partial charge in [0.2, 0.25) is 5.91 Å². The first-order valence-electron chi connectivity index (χ1n) is 10.7. The van der Waals surface area contributed by atoms with E-state index in [9.17, 15) is 9.18 Å². The lowest BCUT2D eigenvalue weighted by molar-refractivity contribution is -0.115. The first-order chi connectivity index (χ1) is 16.4. The summed E-state index contributed by atoms with van der Waals surface area (Å²) in [5.74, 6) is 0.198. The Labute approximate surface area is 201 Å². The fourth-order valence-corrected chi connectivity index (χ4v) is 4.34. The second-order valence-corrected chi connectivity index (χ2v) is 8.95. The van der Waals surface area contributed by atoms with Crippen molar-refractivity contribution in [3.63, 3.8) is 0 Å². The van der Waals surface area contributed by atoms with Crippen molar-refractivity contribution in [1.29, 1.82) is 0 Å². The van der Waals surface area contributed by atoms with Crippen LogP contribution in [-0.2, 0) is 4.79 Å². The number of aryl methyl sites for hydroxylation is 2. The third-order valence-corrected chi connectivity index (χ3v) is 6.03. The van der Waals surface area contributed by atoms with Crippen LogP contribution in [0.15, 0.2) is 82.4 Å². The maximum absolute atomic E-state index is 13.3. The third-order valence-electron chi connectivity index (χ3n) is 4.94. The van der Waals surface area contributed by atoms with Crippen LogP contribution in [0.25, 0.3) is 0 Å². The van der Waals surface area contributed by atoms with Crippen molar-refractivity contribution in [2.75, 3.05) is 5.32 Å². The van der Waals surface area contributed by atoms with Crippen molar-refractivity contribution in [1.82, 2.24) is 10.2 Å². The molecule has 0 saturated carbocycles. The average Bonchev–Trinajstić information content (AvgIpc) is 3.28. The highest BCUT2D eigenvalue weighted by Crippen LogP contribution is 2.36. The predicted octanol–water partition coefficient (Wildman–Crippen LogP) is 6.44. The number of nitrogens with zero attached hydrogens (tertiary/aromatic N) is 2. The number of aromatic nitrogens is 2. The summed E-state index contributed by atoms with van der Waals surface area (Å²) in [5, 5.41) is 10.8. The molecule has 1 aromatic heterocycles. The molecular weight excluding hydrogens is 453 g/mol. The number of benzene rings is 3. The Balaban J connectivity index is 1.51. The number of carbonyl (C=O) groups is 1. The van der Waals surface area contributed by atoms with Gasteiger partial charge in [0, 0.05) is 5.69 Å². The van der Waals surface area contributed by atoms with E-state index in [0.29, 0.717) is 5.75 Å². The number of nitrogens with one attached hydrogen (secondary N) is 1. The zero-order chi connectivity index (χ0) is 24.1. The SMILES string of the molecule is Cc1cc(C)cc(NC(=O)C(Sc2nnc(C(C)Oc3ccc(F)cc3)o2)c2ccccc2)c1. The van der Waals surface area contributed by atoms with Gasteiger partial charge < -0.3 is 14.5 Å². The standard InChI is InChI=1S/C26H24FN3O3S/c1-16-13-17(2)15-21(14-16)28-24(31)23(19-7-5-4-6-8-19)34-26-30-29-25(33-26)18(3)32-22-11-9-20(27)10-12-22/h4-15,18,23H,1-3H3,(H,28,31). The van der Waals surface area contributed by atoms with Gasteiger partial charge in [-0.25, -0.2) is 4.39 Å². The number of amides is 1. The maximum atomic E-state index is 13.3. The molecule has 2 unspecified atom stereocenters. The van der Waals surface area contributed by atoms with Gasteiger partial charge in [0.15, 0.2) is 6.10 Å². The van der Waals surface area contributed by atoms with Crippen LogP contribution in [0.3, 0.4) is 0 Å². The van der Waals surface area contributed by atoms with Gasteiger partial charge in [0.05, 0.1) is 0 Å². The summed E-state index contributed by atoms with van der Waals surface area (Å²) in [4.78, 5) is 13.3. The second-order valence-electron chi connectivity index (χ2n) is 7.89. The van der Waals surface area contributed by atoms with Crippen molar-refractivity contribution >= 4 is 23.4 Å². The van der Waals surface area contributed by atoms with Crippen LogP contribution >= 0.6 is 11.8 Å². The quantitative estimate of drug-likeness (QED) is 0.294. The van der Waals surface area contributed by atoms with Gasteiger partial charge in [-0.3, -0.25) is 4.79 Å². The summed E-state index contributed by atoms with van der Waals surface area (Å²) in [6.07, 6.45) is -0.549. The Bertz CT molecular complexity index is 1240. The van der Waals surface area contributed by atoms with Crippen LogP contribution in [0.1, 0.15) is 40.9 Å². The summed E-state index contributed by atoms with van der Waals surface area (Å²) in [6, 6.07) is 21.0. The molecule has 0 radical (unpaired) electrons. The van der Waals surface area contributed by atoms with Crippen LogP contribution in [0.2, 0.25) is 0 Å². The Morgan fingerprint density at radius 1 is 1.00 bits per heavy atom. The van der Waals surface area contributed by atoms with Gasteiger partial charge in [0.25, 0.3) is 11.1 Å². The Morgan fingerprint density at radius 2 is 1.68 bits per heavy atom. The molecule has 0 fully saturated rings. The molecule has 1 N–H and O–H groups in total. The molecule has 1 amide bonds. The highest BCUT2D eigenvalue weighted by Gasteiger charge is 2.26. The molecule has 0 aliphatic rings. The smallest absolute Gasteiger partial charge is 0.277 e. The average molecular weight is 478 g/mol. The fraction of sp³-hybridized carbons (Fsp3) is 0.192. The van der Waals surface area contributed by atoms with Crippen LogP contribution in [-0.4, -0.2) is 16.1 Å². The molecule has 0 aliphatic heterocycles. The first-order valence-corrected chi connectivity index (χ1v) is 11.6. The van der Waals surface area contributed by atoms with E-state index in [2.05, 4.69) is 15.5 Å². The number of halogens is 1. The van der Waals surface area contributed by atoms with Gasteiger partial charge in [0.1, 0.15) is 16.8 Å². The van der Waals surface area contributed by atoms with E-state index < -0.39 is 11.4 Å². The lowest BCUT2D eigenvalue weighted by Crippen LogP contribution is -2.19. The lowest BCUT2D eigenvalue weighted by Gasteiger charge is -2.16. The van der Waals surface area contributed by atoms with Gasteiger partial charge in [-0.2, -0.15) is 0 Å². The zero-order valence-electron chi connectivity index (χ0n) is 19.0. The molecule has 0 aliphatic carbocycles. The molecule has 0 spiro atoms. The van der Waals surface area contributed by atoms with Gasteiger partial charge in [-0.15, -0.1) is 10.2 Å². The molecule has 0 saturated heterocycles. The van der Waals surface area contributed by atoms with Gasteiger partial charge >= 0.3 is 0 Å². The molecule has 34 heavy (non-hydrogen) atoms. The van der Waals surface area contributed by atoms with E-state index >= 15 is 0 Å². The van der Waals surface area contributed by atoms with Crippen molar-refractivity contribution in [3.8, 4) is 5.75 Å². The number of hydrogen-bond donors (Lipinski definition) is 1. The molecule has 3 aromatic carbocycles.